The first-order valence-electron chi connectivity index (χ1n) is 9.36. The number of carbonyl (C=O) groups excluding carboxylic acids is 2. The van der Waals surface area contributed by atoms with Gasteiger partial charge in [0.2, 0.25) is 0 Å². The third kappa shape index (κ3) is 3.72. The maximum absolute atomic E-state index is 13.5. The van der Waals surface area contributed by atoms with Crippen molar-refractivity contribution in [1.29, 1.82) is 0 Å². The summed E-state index contributed by atoms with van der Waals surface area (Å²) in [5.74, 6) is -0.782. The molecule has 0 bridgehead atoms. The Bertz CT molecular complexity index is 1140. The Balaban J connectivity index is 1.79. The van der Waals surface area contributed by atoms with Crippen molar-refractivity contribution in [2.24, 2.45) is 0 Å². The number of nitrogens with zero attached hydrogens (tertiary/aromatic N) is 2. The predicted octanol–water partition coefficient (Wildman–Crippen LogP) is 5.41. The molecular weight excluding hydrogens is 419 g/mol. The van der Waals surface area contributed by atoms with E-state index in [1.54, 1.807) is 12.1 Å². The topological polar surface area (TPSA) is 40.6 Å². The van der Waals surface area contributed by atoms with Crippen LogP contribution in [0, 0.1) is 0 Å². The normalized spacial score (nSPS) is 13.9. The molecule has 0 N–H and O–H groups in total. The van der Waals surface area contributed by atoms with Crippen LogP contribution in [-0.2, 0) is 16.1 Å². The molecule has 1 heterocycles. The Morgan fingerprint density at radius 2 is 1.43 bits per heavy atom. The second kappa shape index (κ2) is 8.34. The van der Waals surface area contributed by atoms with E-state index in [1.807, 2.05) is 72.6 Å². The lowest BCUT2D eigenvalue weighted by Gasteiger charge is -2.21. The van der Waals surface area contributed by atoms with Crippen LogP contribution in [0.25, 0.3) is 5.57 Å². The number of halogens is 2. The molecule has 0 saturated carbocycles. The van der Waals surface area contributed by atoms with E-state index in [4.69, 9.17) is 23.2 Å². The van der Waals surface area contributed by atoms with Gasteiger partial charge in [0.05, 0.1) is 21.3 Å². The minimum Gasteiger partial charge on any atom is -0.365 e. The molecule has 150 valence electrons. The molecule has 3 aromatic rings. The molecule has 4 nitrogen and oxygen atoms in total. The van der Waals surface area contributed by atoms with Crippen molar-refractivity contribution in [2.75, 3.05) is 11.9 Å². The minimum absolute atomic E-state index is 0.280. The van der Waals surface area contributed by atoms with Crippen molar-refractivity contribution in [1.82, 2.24) is 4.90 Å². The van der Waals surface area contributed by atoms with Crippen LogP contribution in [-0.4, -0.2) is 23.8 Å². The van der Waals surface area contributed by atoms with Crippen LogP contribution in [0.15, 0.2) is 84.6 Å². The smallest absolute Gasteiger partial charge is 0.282 e. The predicted molar refractivity (Wildman–Crippen MR) is 120 cm³/mol. The number of amides is 2. The standard InChI is InChI=1S/C24H18Cl2N2O2/c1-27(15-16-8-4-2-5-9-16)22-21(17-10-6-3-7-11-17)23(29)28(24(22)30)18-12-13-19(25)20(26)14-18/h2-14H,15H2,1H3. The molecule has 0 spiro atoms. The molecule has 1 aliphatic rings. The van der Waals surface area contributed by atoms with Gasteiger partial charge in [0.25, 0.3) is 11.8 Å². The average Bonchev–Trinajstić information content (AvgIpc) is 3.02. The first kappa shape index (κ1) is 20.2. The van der Waals surface area contributed by atoms with Crippen molar-refractivity contribution < 1.29 is 9.59 Å². The second-order valence-electron chi connectivity index (χ2n) is 6.98. The summed E-state index contributed by atoms with van der Waals surface area (Å²) in [5.41, 5.74) is 2.82. The van der Waals surface area contributed by atoms with Crippen molar-refractivity contribution >= 4 is 46.3 Å². The zero-order chi connectivity index (χ0) is 21.3. The molecule has 0 unspecified atom stereocenters. The van der Waals surface area contributed by atoms with Crippen LogP contribution in [0.4, 0.5) is 5.69 Å². The van der Waals surface area contributed by atoms with Crippen molar-refractivity contribution in [3.63, 3.8) is 0 Å². The molecule has 30 heavy (non-hydrogen) atoms. The van der Waals surface area contributed by atoms with Gasteiger partial charge in [0.1, 0.15) is 5.70 Å². The summed E-state index contributed by atoms with van der Waals surface area (Å²) < 4.78 is 0. The van der Waals surface area contributed by atoms with E-state index in [0.29, 0.717) is 34.1 Å². The van der Waals surface area contributed by atoms with E-state index in [0.717, 1.165) is 10.5 Å². The number of rotatable bonds is 5. The molecule has 0 saturated heterocycles. The molecule has 3 aromatic carbocycles. The molecule has 6 heteroatoms. The number of hydrogen-bond acceptors (Lipinski definition) is 3. The zero-order valence-corrected chi connectivity index (χ0v) is 17.7. The van der Waals surface area contributed by atoms with Gasteiger partial charge in [0, 0.05) is 13.6 Å². The molecular formula is C24H18Cl2N2O2. The number of carbonyl (C=O) groups is 2. The van der Waals surface area contributed by atoms with Gasteiger partial charge in [-0.15, -0.1) is 0 Å². The Kier molecular flexibility index (Phi) is 5.62. The Labute approximate surface area is 184 Å². The van der Waals surface area contributed by atoms with Crippen LogP contribution in [0.3, 0.4) is 0 Å². The third-order valence-corrected chi connectivity index (χ3v) is 5.67. The Morgan fingerprint density at radius 1 is 0.800 bits per heavy atom. The quantitative estimate of drug-likeness (QED) is 0.502. The van der Waals surface area contributed by atoms with Crippen molar-refractivity contribution in [3.05, 3.63) is 106 Å². The molecule has 0 radical (unpaired) electrons. The van der Waals surface area contributed by atoms with E-state index < -0.39 is 5.91 Å². The molecule has 0 aliphatic carbocycles. The van der Waals surface area contributed by atoms with E-state index in [-0.39, 0.29) is 10.9 Å². The summed E-state index contributed by atoms with van der Waals surface area (Å²) in [6, 6.07) is 23.7. The molecule has 0 fully saturated rings. The highest BCUT2D eigenvalue weighted by atomic mass is 35.5. The lowest BCUT2D eigenvalue weighted by Crippen LogP contribution is -2.34. The Hall–Kier alpha value is -3.08. The van der Waals surface area contributed by atoms with Crippen molar-refractivity contribution in [3.8, 4) is 0 Å². The second-order valence-corrected chi connectivity index (χ2v) is 7.79. The van der Waals surface area contributed by atoms with Gasteiger partial charge >= 0.3 is 0 Å². The van der Waals surface area contributed by atoms with Gasteiger partial charge in [-0.3, -0.25) is 9.59 Å². The van der Waals surface area contributed by atoms with Gasteiger partial charge < -0.3 is 4.90 Å². The number of imide groups is 1. The minimum atomic E-state index is -0.393. The molecule has 4 rings (SSSR count). The van der Waals surface area contributed by atoms with E-state index >= 15 is 0 Å². The summed E-state index contributed by atoms with van der Waals surface area (Å²) in [6.45, 7) is 0.487. The fourth-order valence-corrected chi connectivity index (χ4v) is 3.82. The summed E-state index contributed by atoms with van der Waals surface area (Å²) in [7, 11) is 1.81. The Morgan fingerprint density at radius 3 is 2.07 bits per heavy atom. The van der Waals surface area contributed by atoms with Crippen molar-refractivity contribution in [2.45, 2.75) is 6.54 Å². The number of hydrogen-bond donors (Lipinski definition) is 0. The highest BCUT2D eigenvalue weighted by Gasteiger charge is 2.41. The van der Waals surface area contributed by atoms with Crippen LogP contribution < -0.4 is 4.90 Å². The maximum Gasteiger partial charge on any atom is 0.282 e. The monoisotopic (exact) mass is 436 g/mol. The summed E-state index contributed by atoms with van der Waals surface area (Å²) in [4.78, 5) is 29.9. The lowest BCUT2D eigenvalue weighted by molar-refractivity contribution is -0.120. The highest BCUT2D eigenvalue weighted by molar-refractivity contribution is 6.46. The van der Waals surface area contributed by atoms with Gasteiger partial charge in [-0.05, 0) is 29.3 Å². The van der Waals surface area contributed by atoms with Crippen LogP contribution in [0.1, 0.15) is 11.1 Å². The first-order chi connectivity index (χ1) is 14.5. The zero-order valence-electron chi connectivity index (χ0n) is 16.2. The SMILES string of the molecule is CN(Cc1ccccc1)C1=C(c2ccccc2)C(=O)N(c2ccc(Cl)c(Cl)c2)C1=O. The third-order valence-electron chi connectivity index (χ3n) is 4.93. The number of likely N-dealkylation sites (N-methyl/N-ethyl adjacent to an activating group) is 1. The van der Waals surface area contributed by atoms with E-state index in [9.17, 15) is 9.59 Å². The lowest BCUT2D eigenvalue weighted by atomic mass is 10.0. The largest absolute Gasteiger partial charge is 0.365 e. The first-order valence-corrected chi connectivity index (χ1v) is 10.1. The summed E-state index contributed by atoms with van der Waals surface area (Å²) >= 11 is 12.2. The van der Waals surface area contributed by atoms with Gasteiger partial charge in [0.15, 0.2) is 0 Å². The van der Waals surface area contributed by atoms with Gasteiger partial charge in [-0.1, -0.05) is 83.9 Å². The fraction of sp³-hybridized carbons (Fsp3) is 0.0833. The molecule has 0 atom stereocenters. The van der Waals surface area contributed by atoms with Crippen LogP contribution in [0.2, 0.25) is 10.0 Å². The van der Waals surface area contributed by atoms with Crippen LogP contribution in [0.5, 0.6) is 0 Å². The van der Waals surface area contributed by atoms with E-state index in [2.05, 4.69) is 0 Å². The van der Waals surface area contributed by atoms with Gasteiger partial charge in [-0.25, -0.2) is 4.90 Å². The van der Waals surface area contributed by atoms with Gasteiger partial charge in [-0.2, -0.15) is 0 Å². The summed E-state index contributed by atoms with van der Waals surface area (Å²) in [6.07, 6.45) is 0. The maximum atomic E-state index is 13.5. The highest BCUT2D eigenvalue weighted by Crippen LogP contribution is 2.36. The number of benzene rings is 3. The molecule has 2 amide bonds. The fourth-order valence-electron chi connectivity index (χ4n) is 3.53. The molecule has 0 aromatic heterocycles. The number of anilines is 1. The van der Waals surface area contributed by atoms with E-state index in [1.165, 1.54) is 6.07 Å². The average molecular weight is 437 g/mol. The summed E-state index contributed by atoms with van der Waals surface area (Å²) in [5, 5.41) is 0.638. The van der Waals surface area contributed by atoms with Crippen LogP contribution >= 0.6 is 23.2 Å². The molecule has 1 aliphatic heterocycles.